The second-order valence-corrected chi connectivity index (χ2v) is 5.20. The topological polar surface area (TPSA) is 48.1 Å². The number of ether oxygens (including phenoxy) is 1. The summed E-state index contributed by atoms with van der Waals surface area (Å²) in [5, 5.41) is 0. The van der Waals surface area contributed by atoms with Crippen LogP contribution in [0.15, 0.2) is 18.5 Å². The van der Waals surface area contributed by atoms with Crippen LogP contribution < -0.4 is 10.5 Å². The van der Waals surface area contributed by atoms with E-state index in [1.807, 2.05) is 13.1 Å². The molecule has 94 valence electrons. The third-order valence-electron chi connectivity index (χ3n) is 3.63. The molecule has 0 spiro atoms. The molecule has 0 amide bonds. The largest absolute Gasteiger partial charge is 0.492 e. The highest BCUT2D eigenvalue weighted by Crippen LogP contribution is 2.38. The summed E-state index contributed by atoms with van der Waals surface area (Å²) in [6, 6.07) is 2.05. The van der Waals surface area contributed by atoms with Crippen LogP contribution in [0.1, 0.15) is 45.1 Å². The van der Waals surface area contributed by atoms with Gasteiger partial charge in [-0.25, -0.2) is 0 Å². The van der Waals surface area contributed by atoms with Crippen molar-refractivity contribution in [1.29, 1.82) is 0 Å². The van der Waals surface area contributed by atoms with Crippen LogP contribution in [0.25, 0.3) is 0 Å². The molecule has 17 heavy (non-hydrogen) atoms. The summed E-state index contributed by atoms with van der Waals surface area (Å²) in [6.07, 6.45) is 8.23. The van der Waals surface area contributed by atoms with Crippen molar-refractivity contribution < 1.29 is 4.74 Å². The van der Waals surface area contributed by atoms with E-state index in [0.29, 0.717) is 12.5 Å². The van der Waals surface area contributed by atoms with Gasteiger partial charge in [-0.05, 0) is 37.3 Å². The number of nitrogens with zero attached hydrogens (tertiary/aromatic N) is 1. The maximum absolute atomic E-state index is 6.54. The molecule has 1 fully saturated rings. The highest BCUT2D eigenvalue weighted by atomic mass is 16.5. The zero-order valence-corrected chi connectivity index (χ0v) is 10.8. The van der Waals surface area contributed by atoms with Gasteiger partial charge in [0.15, 0.2) is 0 Å². The fourth-order valence-electron chi connectivity index (χ4n) is 2.79. The normalized spacial score (nSPS) is 29.0. The molecule has 2 atom stereocenters. The van der Waals surface area contributed by atoms with Crippen molar-refractivity contribution in [3.63, 3.8) is 0 Å². The highest BCUT2D eigenvalue weighted by Gasteiger charge is 2.33. The van der Waals surface area contributed by atoms with Crippen LogP contribution in [0.5, 0.6) is 5.75 Å². The van der Waals surface area contributed by atoms with Crippen molar-refractivity contribution in [2.24, 2.45) is 11.7 Å². The van der Waals surface area contributed by atoms with E-state index in [1.165, 1.54) is 12.8 Å². The van der Waals surface area contributed by atoms with Gasteiger partial charge >= 0.3 is 0 Å². The maximum Gasteiger partial charge on any atom is 0.137 e. The number of pyridine rings is 1. The first-order chi connectivity index (χ1) is 8.14. The molecule has 0 aromatic carbocycles. The Bertz CT molecular complexity index is 380. The summed E-state index contributed by atoms with van der Waals surface area (Å²) in [7, 11) is 0. The van der Waals surface area contributed by atoms with Crippen molar-refractivity contribution >= 4 is 0 Å². The maximum atomic E-state index is 6.54. The van der Waals surface area contributed by atoms with Gasteiger partial charge < -0.3 is 10.5 Å². The molecule has 0 radical (unpaired) electrons. The first-order valence-corrected chi connectivity index (χ1v) is 6.51. The minimum absolute atomic E-state index is 0.211. The molecule has 2 N–H and O–H groups in total. The first-order valence-electron chi connectivity index (χ1n) is 6.51. The first kappa shape index (κ1) is 12.4. The van der Waals surface area contributed by atoms with Crippen LogP contribution in [-0.4, -0.2) is 11.6 Å². The molecule has 1 aliphatic rings. The van der Waals surface area contributed by atoms with E-state index in [0.717, 1.165) is 24.2 Å². The molecule has 2 unspecified atom stereocenters. The SMILES string of the molecule is CCOc1cncc(C2(N)CCCC(C)C2)c1. The Balaban J connectivity index is 2.22. The summed E-state index contributed by atoms with van der Waals surface area (Å²) in [4.78, 5) is 4.24. The van der Waals surface area contributed by atoms with Crippen molar-refractivity contribution in [2.45, 2.75) is 45.1 Å². The van der Waals surface area contributed by atoms with Gasteiger partial charge in [0.25, 0.3) is 0 Å². The number of aromatic nitrogens is 1. The van der Waals surface area contributed by atoms with Gasteiger partial charge in [0, 0.05) is 11.7 Å². The summed E-state index contributed by atoms with van der Waals surface area (Å²) in [5.41, 5.74) is 7.45. The molecular weight excluding hydrogens is 212 g/mol. The van der Waals surface area contributed by atoms with E-state index >= 15 is 0 Å². The average Bonchev–Trinajstić information content (AvgIpc) is 2.29. The predicted molar refractivity (Wildman–Crippen MR) is 68.9 cm³/mol. The number of hydrogen-bond donors (Lipinski definition) is 1. The predicted octanol–water partition coefficient (Wildman–Crippen LogP) is 2.84. The molecular formula is C14H22N2O. The molecule has 0 aliphatic heterocycles. The molecule has 2 rings (SSSR count). The molecule has 1 saturated carbocycles. The van der Waals surface area contributed by atoms with Gasteiger partial charge in [-0.1, -0.05) is 19.8 Å². The lowest BCUT2D eigenvalue weighted by molar-refractivity contribution is 0.237. The van der Waals surface area contributed by atoms with Crippen LogP contribution in [0.2, 0.25) is 0 Å². The van der Waals surface area contributed by atoms with E-state index in [9.17, 15) is 0 Å². The molecule has 1 heterocycles. The van der Waals surface area contributed by atoms with Gasteiger partial charge in [-0.2, -0.15) is 0 Å². The lowest BCUT2D eigenvalue weighted by Gasteiger charge is -2.37. The van der Waals surface area contributed by atoms with Crippen molar-refractivity contribution in [3.8, 4) is 5.75 Å². The van der Waals surface area contributed by atoms with E-state index in [4.69, 9.17) is 10.5 Å². The van der Waals surface area contributed by atoms with E-state index in [2.05, 4.69) is 18.0 Å². The standard InChI is InChI=1S/C14H22N2O/c1-3-17-13-7-12(9-16-10-13)14(15)6-4-5-11(2)8-14/h7,9-11H,3-6,8,15H2,1-2H3. The van der Waals surface area contributed by atoms with E-state index < -0.39 is 0 Å². The second kappa shape index (κ2) is 5.05. The summed E-state index contributed by atoms with van der Waals surface area (Å²) >= 11 is 0. The van der Waals surface area contributed by atoms with Crippen molar-refractivity contribution in [1.82, 2.24) is 4.98 Å². The van der Waals surface area contributed by atoms with Gasteiger partial charge in [0.1, 0.15) is 5.75 Å². The number of rotatable bonds is 3. The average molecular weight is 234 g/mol. The number of hydrogen-bond acceptors (Lipinski definition) is 3. The van der Waals surface area contributed by atoms with Crippen molar-refractivity contribution in [3.05, 3.63) is 24.0 Å². The Kier molecular flexibility index (Phi) is 3.67. The minimum Gasteiger partial charge on any atom is -0.492 e. The second-order valence-electron chi connectivity index (χ2n) is 5.20. The molecule has 0 saturated heterocycles. The molecule has 3 nitrogen and oxygen atoms in total. The Labute approximate surface area is 103 Å². The monoisotopic (exact) mass is 234 g/mol. The Morgan fingerprint density at radius 1 is 1.53 bits per heavy atom. The summed E-state index contributed by atoms with van der Waals surface area (Å²) in [6.45, 7) is 4.92. The zero-order chi connectivity index (χ0) is 12.3. The van der Waals surface area contributed by atoms with Gasteiger partial charge in [-0.15, -0.1) is 0 Å². The van der Waals surface area contributed by atoms with Crippen LogP contribution in [0.3, 0.4) is 0 Å². The van der Waals surface area contributed by atoms with Crippen molar-refractivity contribution in [2.75, 3.05) is 6.61 Å². The number of nitrogens with two attached hydrogens (primary N) is 1. The molecule has 0 bridgehead atoms. The molecule has 3 heteroatoms. The van der Waals surface area contributed by atoms with Gasteiger partial charge in [-0.3, -0.25) is 4.98 Å². The van der Waals surface area contributed by atoms with Crippen LogP contribution in [0, 0.1) is 5.92 Å². The minimum atomic E-state index is -0.211. The molecule has 1 aliphatic carbocycles. The Morgan fingerprint density at radius 3 is 3.06 bits per heavy atom. The smallest absolute Gasteiger partial charge is 0.137 e. The van der Waals surface area contributed by atoms with E-state index in [-0.39, 0.29) is 5.54 Å². The lowest BCUT2D eigenvalue weighted by atomic mass is 9.73. The summed E-state index contributed by atoms with van der Waals surface area (Å²) in [5.74, 6) is 1.53. The van der Waals surface area contributed by atoms with Gasteiger partial charge in [0.05, 0.1) is 12.8 Å². The fourth-order valence-corrected chi connectivity index (χ4v) is 2.79. The third kappa shape index (κ3) is 2.78. The molecule has 1 aromatic heterocycles. The highest BCUT2D eigenvalue weighted by molar-refractivity contribution is 5.29. The van der Waals surface area contributed by atoms with Crippen LogP contribution in [0.4, 0.5) is 0 Å². The fraction of sp³-hybridized carbons (Fsp3) is 0.643. The van der Waals surface area contributed by atoms with Crippen LogP contribution in [-0.2, 0) is 5.54 Å². The van der Waals surface area contributed by atoms with E-state index in [1.54, 1.807) is 6.20 Å². The third-order valence-corrected chi connectivity index (χ3v) is 3.63. The Hall–Kier alpha value is -1.09. The van der Waals surface area contributed by atoms with Gasteiger partial charge in [0.2, 0.25) is 0 Å². The quantitative estimate of drug-likeness (QED) is 0.874. The zero-order valence-electron chi connectivity index (χ0n) is 10.8. The lowest BCUT2D eigenvalue weighted by Crippen LogP contribution is -2.41. The van der Waals surface area contributed by atoms with Crippen LogP contribution >= 0.6 is 0 Å². The Morgan fingerprint density at radius 2 is 2.35 bits per heavy atom. The summed E-state index contributed by atoms with van der Waals surface area (Å²) < 4.78 is 5.49. The molecule has 1 aromatic rings.